The summed E-state index contributed by atoms with van der Waals surface area (Å²) in [6.07, 6.45) is 1.76. The number of rotatable bonds is 6. The molecule has 30 heavy (non-hydrogen) atoms. The molecule has 1 amide bonds. The van der Waals surface area contributed by atoms with Crippen molar-refractivity contribution in [3.63, 3.8) is 0 Å². The number of amides is 1. The van der Waals surface area contributed by atoms with Crippen molar-refractivity contribution in [2.45, 2.75) is 32.7 Å². The summed E-state index contributed by atoms with van der Waals surface area (Å²) in [5, 5.41) is 0. The Morgan fingerprint density at radius 1 is 1.17 bits per heavy atom. The maximum absolute atomic E-state index is 13.6. The van der Waals surface area contributed by atoms with E-state index in [1.54, 1.807) is 11.8 Å². The van der Waals surface area contributed by atoms with Crippen LogP contribution in [0.3, 0.4) is 0 Å². The van der Waals surface area contributed by atoms with Crippen LogP contribution in [0.25, 0.3) is 11.0 Å². The van der Waals surface area contributed by atoms with Crippen molar-refractivity contribution in [2.75, 3.05) is 18.1 Å². The van der Waals surface area contributed by atoms with Gasteiger partial charge in [-0.05, 0) is 43.2 Å². The minimum atomic E-state index is -0.971. The first-order chi connectivity index (χ1) is 14.6. The highest BCUT2D eigenvalue weighted by molar-refractivity contribution is 9.10. The van der Waals surface area contributed by atoms with Gasteiger partial charge in [0, 0.05) is 11.0 Å². The second kappa shape index (κ2) is 8.60. The van der Waals surface area contributed by atoms with Gasteiger partial charge in [0.25, 0.3) is 0 Å². The van der Waals surface area contributed by atoms with Gasteiger partial charge in [0.1, 0.15) is 0 Å². The fourth-order valence-electron chi connectivity index (χ4n) is 4.07. The Morgan fingerprint density at radius 2 is 1.97 bits per heavy atom. The molecular formula is C23H24BrN3O3. The molecule has 2 atom stereocenters. The lowest BCUT2D eigenvalue weighted by atomic mass is 9.89. The van der Waals surface area contributed by atoms with E-state index in [0.717, 1.165) is 33.9 Å². The van der Waals surface area contributed by atoms with Gasteiger partial charge < -0.3 is 9.30 Å². The normalized spacial score (nSPS) is 18.5. The molecule has 1 aliphatic rings. The molecule has 1 aromatic heterocycles. The summed E-state index contributed by atoms with van der Waals surface area (Å²) in [5.74, 6) is -1.14. The first kappa shape index (κ1) is 20.6. The molecule has 0 fully saturated rings. The van der Waals surface area contributed by atoms with E-state index in [-0.39, 0.29) is 12.5 Å². The molecule has 7 heteroatoms. The number of hydrogen-bond acceptors (Lipinski definition) is 4. The molecule has 4 rings (SSSR count). The van der Waals surface area contributed by atoms with Crippen molar-refractivity contribution in [3.8, 4) is 0 Å². The van der Waals surface area contributed by atoms with Gasteiger partial charge in [-0.15, -0.1) is 0 Å². The molecule has 0 aliphatic carbocycles. The second-order valence-electron chi connectivity index (χ2n) is 7.34. The van der Waals surface area contributed by atoms with Crippen LogP contribution >= 0.6 is 15.9 Å². The number of anilines is 1. The lowest BCUT2D eigenvalue weighted by molar-refractivity contribution is -0.153. The number of esters is 1. The predicted octanol–water partition coefficient (Wildman–Crippen LogP) is 4.71. The number of imidazole rings is 1. The molecule has 3 aromatic rings. The number of fused-ring (bicyclic) bond motifs is 3. The molecule has 1 aliphatic heterocycles. The van der Waals surface area contributed by atoms with Gasteiger partial charge in [0.15, 0.2) is 5.92 Å². The molecular weight excluding hydrogens is 446 g/mol. The Kier molecular flexibility index (Phi) is 5.90. The minimum Gasteiger partial charge on any atom is -0.465 e. The van der Waals surface area contributed by atoms with E-state index >= 15 is 0 Å². The Balaban J connectivity index is 1.98. The van der Waals surface area contributed by atoms with Crippen LogP contribution in [0.4, 0.5) is 5.95 Å². The van der Waals surface area contributed by atoms with Crippen LogP contribution in [0.1, 0.15) is 38.3 Å². The number of carbonyl (C=O) groups is 2. The fourth-order valence-corrected chi connectivity index (χ4v) is 4.48. The average molecular weight is 470 g/mol. The highest BCUT2D eigenvalue weighted by atomic mass is 79.9. The van der Waals surface area contributed by atoms with Gasteiger partial charge in [-0.2, -0.15) is 0 Å². The molecule has 0 unspecified atom stereocenters. The summed E-state index contributed by atoms with van der Waals surface area (Å²) in [6, 6.07) is 15.0. The minimum absolute atomic E-state index is 0.223. The van der Waals surface area contributed by atoms with Crippen LogP contribution < -0.4 is 4.90 Å². The van der Waals surface area contributed by atoms with Crippen molar-refractivity contribution in [3.05, 3.63) is 58.6 Å². The van der Waals surface area contributed by atoms with Crippen molar-refractivity contribution in [1.29, 1.82) is 0 Å². The molecule has 0 radical (unpaired) electrons. The SMILES string of the molecule is CCCCN1C(=O)[C@H](C(=O)OCC)[C@H](c2cccc(Br)c2)n2c1nc1ccccc12. The Morgan fingerprint density at radius 3 is 2.70 bits per heavy atom. The van der Waals surface area contributed by atoms with Crippen LogP contribution in [0, 0.1) is 5.92 Å². The maximum Gasteiger partial charge on any atom is 0.321 e. The van der Waals surface area contributed by atoms with Gasteiger partial charge in [-0.25, -0.2) is 4.98 Å². The smallest absolute Gasteiger partial charge is 0.321 e. The van der Waals surface area contributed by atoms with Crippen molar-refractivity contribution >= 4 is 44.8 Å². The average Bonchev–Trinajstić information content (AvgIpc) is 3.11. The Bertz CT molecular complexity index is 1090. The quantitative estimate of drug-likeness (QED) is 0.387. The summed E-state index contributed by atoms with van der Waals surface area (Å²) in [6.45, 7) is 4.57. The van der Waals surface area contributed by atoms with Crippen LogP contribution in [-0.2, 0) is 14.3 Å². The fraction of sp³-hybridized carbons (Fsp3) is 0.348. The van der Waals surface area contributed by atoms with E-state index in [9.17, 15) is 9.59 Å². The molecule has 2 heterocycles. The number of halogens is 1. The van der Waals surface area contributed by atoms with E-state index in [1.807, 2.05) is 53.1 Å². The third kappa shape index (κ3) is 3.51. The van der Waals surface area contributed by atoms with Crippen molar-refractivity contribution in [2.24, 2.45) is 5.92 Å². The van der Waals surface area contributed by atoms with Crippen LogP contribution in [0.15, 0.2) is 53.0 Å². The van der Waals surface area contributed by atoms with Crippen molar-refractivity contribution < 1.29 is 14.3 Å². The second-order valence-corrected chi connectivity index (χ2v) is 8.26. The van der Waals surface area contributed by atoms with Crippen LogP contribution in [0.5, 0.6) is 0 Å². The lowest BCUT2D eigenvalue weighted by Crippen LogP contribution is -2.50. The summed E-state index contributed by atoms with van der Waals surface area (Å²) in [7, 11) is 0. The third-order valence-corrected chi connectivity index (χ3v) is 5.90. The van der Waals surface area contributed by atoms with Crippen molar-refractivity contribution in [1.82, 2.24) is 9.55 Å². The van der Waals surface area contributed by atoms with Gasteiger partial charge >= 0.3 is 5.97 Å². The first-order valence-electron chi connectivity index (χ1n) is 10.3. The highest BCUT2D eigenvalue weighted by Crippen LogP contribution is 2.41. The number of aromatic nitrogens is 2. The zero-order valence-corrected chi connectivity index (χ0v) is 18.6. The predicted molar refractivity (Wildman–Crippen MR) is 119 cm³/mol. The molecule has 156 valence electrons. The molecule has 2 aromatic carbocycles. The summed E-state index contributed by atoms with van der Waals surface area (Å²) >= 11 is 3.52. The van der Waals surface area contributed by atoms with Gasteiger partial charge in [-0.3, -0.25) is 14.5 Å². The van der Waals surface area contributed by atoms with E-state index < -0.39 is 17.9 Å². The Labute approximate surface area is 184 Å². The lowest BCUT2D eigenvalue weighted by Gasteiger charge is -2.38. The number of benzene rings is 2. The number of unbranched alkanes of at least 4 members (excludes halogenated alkanes) is 1. The molecule has 0 saturated carbocycles. The van der Waals surface area contributed by atoms with E-state index in [2.05, 4.69) is 22.9 Å². The van der Waals surface area contributed by atoms with Gasteiger partial charge in [-0.1, -0.05) is 53.5 Å². The molecule has 0 saturated heterocycles. The maximum atomic E-state index is 13.6. The number of hydrogen-bond donors (Lipinski definition) is 0. The van der Waals surface area contributed by atoms with Gasteiger partial charge in [0.2, 0.25) is 11.9 Å². The topological polar surface area (TPSA) is 64.4 Å². The number of para-hydroxylation sites is 2. The Hall–Kier alpha value is -2.67. The van der Waals surface area contributed by atoms with Crippen LogP contribution in [-0.4, -0.2) is 34.6 Å². The molecule has 0 bridgehead atoms. The molecule has 0 spiro atoms. The third-order valence-electron chi connectivity index (χ3n) is 5.41. The summed E-state index contributed by atoms with van der Waals surface area (Å²) < 4.78 is 8.27. The number of ether oxygens (including phenoxy) is 1. The zero-order valence-electron chi connectivity index (χ0n) is 17.0. The zero-order chi connectivity index (χ0) is 21.3. The summed E-state index contributed by atoms with van der Waals surface area (Å²) in [4.78, 5) is 33.1. The monoisotopic (exact) mass is 469 g/mol. The number of nitrogens with zero attached hydrogens (tertiary/aromatic N) is 3. The first-order valence-corrected chi connectivity index (χ1v) is 11.1. The number of carbonyl (C=O) groups excluding carboxylic acids is 2. The van der Waals surface area contributed by atoms with E-state index in [0.29, 0.717) is 12.5 Å². The summed E-state index contributed by atoms with van der Waals surface area (Å²) in [5.41, 5.74) is 2.54. The van der Waals surface area contributed by atoms with Crippen LogP contribution in [0.2, 0.25) is 0 Å². The standard InChI is InChI=1S/C23H24BrN3O3/c1-3-5-13-26-21(28)19(22(29)30-4-2)20(15-9-8-10-16(24)14-15)27-18-12-7-6-11-17(18)25-23(26)27/h6-12,14,19-20H,3-5,13H2,1-2H3/t19-,20+/m1/s1. The van der Waals surface area contributed by atoms with E-state index in [1.165, 1.54) is 0 Å². The van der Waals surface area contributed by atoms with Gasteiger partial charge in [0.05, 0.1) is 23.7 Å². The molecule has 0 N–H and O–H groups in total. The van der Waals surface area contributed by atoms with E-state index in [4.69, 9.17) is 9.72 Å². The highest BCUT2D eigenvalue weighted by Gasteiger charge is 2.47. The largest absolute Gasteiger partial charge is 0.465 e. The molecule has 6 nitrogen and oxygen atoms in total.